The van der Waals surface area contributed by atoms with Gasteiger partial charge in [0.15, 0.2) is 5.78 Å². The van der Waals surface area contributed by atoms with E-state index in [1.165, 1.54) is 7.11 Å². The quantitative estimate of drug-likeness (QED) is 0.397. The minimum Gasteiger partial charge on any atom is -0.465 e. The molecule has 5 heteroatoms. The van der Waals surface area contributed by atoms with E-state index in [-0.39, 0.29) is 17.7 Å². The molecule has 0 saturated carbocycles. The standard InChI is InChI=1S/C24H22ClNO3/c1-15-12-20(25)8-9-21(15)22(14-23(27)19-10-11-26-16(2)13-19)17-4-6-18(7-5-17)24(28)29-3/h4-13,22H,14H2,1-3H3/t22-/m0/s1. The molecule has 0 unspecified atom stereocenters. The van der Waals surface area contributed by atoms with Crippen molar-refractivity contribution < 1.29 is 14.3 Å². The molecular formula is C24H22ClNO3. The summed E-state index contributed by atoms with van der Waals surface area (Å²) in [5, 5.41) is 0.655. The fourth-order valence-electron chi connectivity index (χ4n) is 3.43. The summed E-state index contributed by atoms with van der Waals surface area (Å²) in [6.07, 6.45) is 1.94. The number of aryl methyl sites for hydroxylation is 2. The van der Waals surface area contributed by atoms with Crippen molar-refractivity contribution in [2.75, 3.05) is 7.11 Å². The molecule has 3 aromatic rings. The molecular weight excluding hydrogens is 386 g/mol. The van der Waals surface area contributed by atoms with Crippen LogP contribution in [-0.2, 0) is 4.74 Å². The SMILES string of the molecule is COC(=O)c1ccc([C@H](CC(=O)c2ccnc(C)c2)c2ccc(Cl)cc2C)cc1. The first-order valence-corrected chi connectivity index (χ1v) is 9.67. The lowest BCUT2D eigenvalue weighted by Crippen LogP contribution is -2.11. The molecule has 4 nitrogen and oxygen atoms in total. The summed E-state index contributed by atoms with van der Waals surface area (Å²) in [5.41, 5.74) is 4.90. The summed E-state index contributed by atoms with van der Waals surface area (Å²) < 4.78 is 4.77. The first-order chi connectivity index (χ1) is 13.9. The van der Waals surface area contributed by atoms with Crippen LogP contribution in [0.3, 0.4) is 0 Å². The van der Waals surface area contributed by atoms with E-state index in [9.17, 15) is 9.59 Å². The molecule has 0 aliphatic rings. The van der Waals surface area contributed by atoms with Gasteiger partial charge in [-0.25, -0.2) is 4.79 Å². The van der Waals surface area contributed by atoms with Gasteiger partial charge >= 0.3 is 5.97 Å². The number of carbonyl (C=O) groups is 2. The number of Topliss-reactive ketones (excluding diaryl/α,β-unsaturated/α-hetero) is 1. The van der Waals surface area contributed by atoms with Gasteiger partial charge in [-0.1, -0.05) is 29.8 Å². The number of hydrogen-bond donors (Lipinski definition) is 0. The third-order valence-electron chi connectivity index (χ3n) is 4.95. The molecule has 0 N–H and O–H groups in total. The third-order valence-corrected chi connectivity index (χ3v) is 5.18. The van der Waals surface area contributed by atoms with E-state index in [4.69, 9.17) is 16.3 Å². The number of methoxy groups -OCH3 is 1. The normalized spacial score (nSPS) is 11.7. The number of benzene rings is 2. The number of rotatable bonds is 6. The number of aromatic nitrogens is 1. The van der Waals surface area contributed by atoms with Crippen molar-refractivity contribution in [1.82, 2.24) is 4.98 Å². The van der Waals surface area contributed by atoms with E-state index in [0.717, 1.165) is 22.4 Å². The number of esters is 1. The van der Waals surface area contributed by atoms with Crippen molar-refractivity contribution in [3.63, 3.8) is 0 Å². The predicted molar refractivity (Wildman–Crippen MR) is 114 cm³/mol. The lowest BCUT2D eigenvalue weighted by molar-refractivity contribution is 0.0600. The number of nitrogens with zero attached hydrogens (tertiary/aromatic N) is 1. The highest BCUT2D eigenvalue weighted by Crippen LogP contribution is 2.33. The van der Waals surface area contributed by atoms with Gasteiger partial charge in [0.25, 0.3) is 0 Å². The Bertz CT molecular complexity index is 1040. The average molecular weight is 408 g/mol. The summed E-state index contributed by atoms with van der Waals surface area (Å²) in [5.74, 6) is -0.522. The Hall–Kier alpha value is -2.98. The number of hydrogen-bond acceptors (Lipinski definition) is 4. The van der Waals surface area contributed by atoms with Crippen molar-refractivity contribution in [3.8, 4) is 0 Å². The zero-order chi connectivity index (χ0) is 21.0. The maximum atomic E-state index is 13.0. The zero-order valence-corrected chi connectivity index (χ0v) is 17.4. The first kappa shape index (κ1) is 20.7. The van der Waals surface area contributed by atoms with Crippen LogP contribution in [0.25, 0.3) is 0 Å². The molecule has 0 bridgehead atoms. The highest BCUT2D eigenvalue weighted by molar-refractivity contribution is 6.30. The van der Waals surface area contributed by atoms with Crippen molar-refractivity contribution >= 4 is 23.4 Å². The Kier molecular flexibility index (Phi) is 6.45. The molecule has 148 valence electrons. The molecule has 0 aliphatic carbocycles. The van der Waals surface area contributed by atoms with Gasteiger partial charge in [0.05, 0.1) is 12.7 Å². The number of ketones is 1. The summed E-state index contributed by atoms with van der Waals surface area (Å²) in [6.45, 7) is 3.85. The number of ether oxygens (including phenoxy) is 1. The Morgan fingerprint density at radius 2 is 1.72 bits per heavy atom. The van der Waals surface area contributed by atoms with E-state index in [2.05, 4.69) is 4.98 Å². The van der Waals surface area contributed by atoms with E-state index < -0.39 is 0 Å². The van der Waals surface area contributed by atoms with E-state index >= 15 is 0 Å². The maximum absolute atomic E-state index is 13.0. The molecule has 0 radical (unpaired) electrons. The van der Waals surface area contributed by atoms with Crippen LogP contribution in [0, 0.1) is 13.8 Å². The fraction of sp³-hybridized carbons (Fsp3) is 0.208. The number of halogens is 1. The Morgan fingerprint density at radius 3 is 2.34 bits per heavy atom. The van der Waals surface area contributed by atoms with Gasteiger partial charge in [0.2, 0.25) is 0 Å². The van der Waals surface area contributed by atoms with Crippen LogP contribution in [0.1, 0.15) is 55.4 Å². The van der Waals surface area contributed by atoms with Crippen LogP contribution in [-0.4, -0.2) is 23.8 Å². The van der Waals surface area contributed by atoms with Crippen LogP contribution in [0.15, 0.2) is 60.8 Å². The third kappa shape index (κ3) is 4.90. The molecule has 0 aliphatic heterocycles. The van der Waals surface area contributed by atoms with E-state index in [0.29, 0.717) is 22.6 Å². The molecule has 0 fully saturated rings. The molecule has 0 amide bonds. The summed E-state index contributed by atoms with van der Waals surface area (Å²) in [4.78, 5) is 28.9. The Balaban J connectivity index is 2.00. The largest absolute Gasteiger partial charge is 0.465 e. The van der Waals surface area contributed by atoms with Gasteiger partial charge in [0, 0.05) is 34.8 Å². The lowest BCUT2D eigenvalue weighted by atomic mass is 9.83. The van der Waals surface area contributed by atoms with Crippen LogP contribution in [0.5, 0.6) is 0 Å². The molecule has 2 aromatic carbocycles. The minimum absolute atomic E-state index is 0.0342. The van der Waals surface area contributed by atoms with Gasteiger partial charge in [-0.3, -0.25) is 9.78 Å². The predicted octanol–water partition coefficient (Wildman–Crippen LogP) is 5.54. The van der Waals surface area contributed by atoms with Crippen LogP contribution in [0.4, 0.5) is 0 Å². The molecule has 1 aromatic heterocycles. The summed E-state index contributed by atoms with van der Waals surface area (Å²) in [7, 11) is 1.35. The molecule has 1 heterocycles. The van der Waals surface area contributed by atoms with E-state index in [1.807, 2.05) is 44.2 Å². The second-order valence-electron chi connectivity index (χ2n) is 6.98. The smallest absolute Gasteiger partial charge is 0.337 e. The van der Waals surface area contributed by atoms with Gasteiger partial charge < -0.3 is 4.74 Å². The molecule has 29 heavy (non-hydrogen) atoms. The first-order valence-electron chi connectivity index (χ1n) is 9.29. The van der Waals surface area contributed by atoms with Crippen molar-refractivity contribution in [3.05, 3.63) is 99.3 Å². The average Bonchev–Trinajstić information content (AvgIpc) is 2.72. The van der Waals surface area contributed by atoms with Gasteiger partial charge in [0.1, 0.15) is 0 Å². The number of carbonyl (C=O) groups excluding carboxylic acids is 2. The molecule has 1 atom stereocenters. The molecule has 3 rings (SSSR count). The summed E-state index contributed by atoms with van der Waals surface area (Å²) in [6, 6.07) is 16.4. The molecule has 0 spiro atoms. The van der Waals surface area contributed by atoms with Crippen LogP contribution in [0.2, 0.25) is 5.02 Å². The van der Waals surface area contributed by atoms with Gasteiger partial charge in [-0.05, 0) is 66.9 Å². The number of pyridine rings is 1. The van der Waals surface area contributed by atoms with Crippen molar-refractivity contribution in [2.45, 2.75) is 26.2 Å². The second-order valence-corrected chi connectivity index (χ2v) is 7.42. The zero-order valence-electron chi connectivity index (χ0n) is 16.6. The lowest BCUT2D eigenvalue weighted by Gasteiger charge is -2.20. The fourth-order valence-corrected chi connectivity index (χ4v) is 3.66. The van der Waals surface area contributed by atoms with Gasteiger partial charge in [-0.2, -0.15) is 0 Å². The maximum Gasteiger partial charge on any atom is 0.337 e. The highest BCUT2D eigenvalue weighted by Gasteiger charge is 2.22. The Morgan fingerprint density at radius 1 is 1.00 bits per heavy atom. The monoisotopic (exact) mass is 407 g/mol. The second kappa shape index (κ2) is 9.01. The minimum atomic E-state index is -0.390. The van der Waals surface area contributed by atoms with Crippen molar-refractivity contribution in [2.24, 2.45) is 0 Å². The molecule has 0 saturated heterocycles. The van der Waals surface area contributed by atoms with Crippen LogP contribution >= 0.6 is 11.6 Å². The summed E-state index contributed by atoms with van der Waals surface area (Å²) >= 11 is 6.13. The topological polar surface area (TPSA) is 56.3 Å². The van der Waals surface area contributed by atoms with Crippen LogP contribution < -0.4 is 0 Å². The Labute approximate surface area is 175 Å². The van der Waals surface area contributed by atoms with E-state index in [1.54, 1.807) is 30.5 Å². The highest BCUT2D eigenvalue weighted by atomic mass is 35.5. The van der Waals surface area contributed by atoms with Gasteiger partial charge in [-0.15, -0.1) is 0 Å². The van der Waals surface area contributed by atoms with Crippen molar-refractivity contribution in [1.29, 1.82) is 0 Å².